The van der Waals surface area contributed by atoms with Gasteiger partial charge in [0.2, 0.25) is 12.4 Å². The molecule has 28 heavy (non-hydrogen) atoms. The number of carbonyl (C=O) groups excluding carboxylic acids is 1. The number of ether oxygens (including phenoxy) is 1. The fraction of sp³-hybridized carbons (Fsp3) is 0.421. The molecule has 1 aliphatic heterocycles. The second-order valence-electron chi connectivity index (χ2n) is 6.77. The van der Waals surface area contributed by atoms with E-state index in [-0.39, 0.29) is 10.9 Å². The summed E-state index contributed by atoms with van der Waals surface area (Å²) in [4.78, 5) is 24.0. The van der Waals surface area contributed by atoms with E-state index in [9.17, 15) is 13.2 Å². The monoisotopic (exact) mass is 404 g/mol. The van der Waals surface area contributed by atoms with E-state index in [4.69, 9.17) is 4.74 Å². The second kappa shape index (κ2) is 8.55. The molecule has 1 fully saturated rings. The van der Waals surface area contributed by atoms with Crippen molar-refractivity contribution in [3.8, 4) is 5.75 Å². The molecule has 1 aliphatic rings. The summed E-state index contributed by atoms with van der Waals surface area (Å²) in [5.74, 6) is 1.16. The van der Waals surface area contributed by atoms with Crippen LogP contribution in [-0.4, -0.2) is 61.6 Å². The largest absolute Gasteiger partial charge is 0.486 e. The van der Waals surface area contributed by atoms with Crippen molar-refractivity contribution in [2.75, 3.05) is 30.8 Å². The highest BCUT2D eigenvalue weighted by atomic mass is 32.2. The van der Waals surface area contributed by atoms with E-state index in [1.807, 2.05) is 4.90 Å². The molecule has 9 heteroatoms. The molecule has 0 radical (unpaired) electrons. The average molecular weight is 404 g/mol. The Balaban J connectivity index is 1.58. The fourth-order valence-electron chi connectivity index (χ4n) is 3.10. The predicted molar refractivity (Wildman–Crippen MR) is 105 cm³/mol. The molecule has 1 aromatic carbocycles. The van der Waals surface area contributed by atoms with Gasteiger partial charge in [-0.3, -0.25) is 4.79 Å². The molecule has 1 aromatic heterocycles. The molecule has 0 spiro atoms. The van der Waals surface area contributed by atoms with Crippen LogP contribution in [0.4, 0.5) is 5.95 Å². The molecule has 0 N–H and O–H groups in total. The first-order valence-electron chi connectivity index (χ1n) is 9.10. The van der Waals surface area contributed by atoms with Crippen LogP contribution in [0.25, 0.3) is 0 Å². The van der Waals surface area contributed by atoms with Crippen molar-refractivity contribution in [1.82, 2.24) is 14.9 Å². The van der Waals surface area contributed by atoms with E-state index in [0.29, 0.717) is 37.9 Å². The lowest BCUT2D eigenvalue weighted by Crippen LogP contribution is -2.52. The number of aromatic nitrogens is 2. The van der Waals surface area contributed by atoms with Gasteiger partial charge in [-0.25, -0.2) is 18.4 Å². The Morgan fingerprint density at radius 1 is 1.18 bits per heavy atom. The summed E-state index contributed by atoms with van der Waals surface area (Å²) in [5, 5.41) is 0. The summed E-state index contributed by atoms with van der Waals surface area (Å²) < 4.78 is 28.7. The topological polar surface area (TPSA) is 92.7 Å². The predicted octanol–water partition coefficient (Wildman–Crippen LogP) is 1.52. The number of anilines is 1. The van der Waals surface area contributed by atoms with Crippen LogP contribution in [0.15, 0.2) is 41.6 Å². The first-order chi connectivity index (χ1) is 13.4. The molecular formula is C19H24N4O4S. The molecule has 0 bridgehead atoms. The summed E-state index contributed by atoms with van der Waals surface area (Å²) in [6.45, 7) is 4.42. The third kappa shape index (κ3) is 4.78. The Bertz CT molecular complexity index is 901. The zero-order valence-corrected chi connectivity index (χ0v) is 16.8. The van der Waals surface area contributed by atoms with E-state index in [1.165, 1.54) is 6.26 Å². The van der Waals surface area contributed by atoms with Crippen molar-refractivity contribution < 1.29 is 17.9 Å². The highest BCUT2D eigenvalue weighted by Crippen LogP contribution is 2.19. The lowest BCUT2D eigenvalue weighted by molar-refractivity contribution is -0.120. The molecule has 1 atom stereocenters. The SMILES string of the molecule is CC[C@H]1CN(c2ncc(OCc3ccc(S(C)(=O)=O)cc3)cn2)CCN1C=O. The standard InChI is InChI=1S/C19H24N4O4S/c1-3-16-12-22(8-9-23(16)14-24)19-20-10-17(11-21-19)27-13-15-4-6-18(7-5-15)28(2,25)26/h4-7,10-11,14,16H,3,8-9,12-13H2,1-2H3/t16-/m0/s1. The summed E-state index contributed by atoms with van der Waals surface area (Å²) in [7, 11) is -3.20. The molecule has 0 aliphatic carbocycles. The van der Waals surface area contributed by atoms with Gasteiger partial charge in [0.05, 0.1) is 17.3 Å². The van der Waals surface area contributed by atoms with Crippen molar-refractivity contribution in [1.29, 1.82) is 0 Å². The number of hydrogen-bond acceptors (Lipinski definition) is 7. The Morgan fingerprint density at radius 3 is 2.43 bits per heavy atom. The van der Waals surface area contributed by atoms with Crippen LogP contribution >= 0.6 is 0 Å². The van der Waals surface area contributed by atoms with Gasteiger partial charge in [0.15, 0.2) is 15.6 Å². The molecule has 8 nitrogen and oxygen atoms in total. The van der Waals surface area contributed by atoms with Gasteiger partial charge in [-0.2, -0.15) is 0 Å². The van der Waals surface area contributed by atoms with Gasteiger partial charge in [0.25, 0.3) is 0 Å². The molecule has 1 amide bonds. The molecule has 2 heterocycles. The van der Waals surface area contributed by atoms with Gasteiger partial charge >= 0.3 is 0 Å². The maximum atomic E-state index is 11.5. The maximum absolute atomic E-state index is 11.5. The number of amides is 1. The van der Waals surface area contributed by atoms with Crippen LogP contribution in [0.2, 0.25) is 0 Å². The molecule has 1 saturated heterocycles. The summed E-state index contributed by atoms with van der Waals surface area (Å²) in [5.41, 5.74) is 0.854. The van der Waals surface area contributed by atoms with E-state index >= 15 is 0 Å². The number of nitrogens with zero attached hydrogens (tertiary/aromatic N) is 4. The van der Waals surface area contributed by atoms with Crippen LogP contribution in [0.3, 0.4) is 0 Å². The van der Waals surface area contributed by atoms with Crippen LogP contribution in [0, 0.1) is 0 Å². The van der Waals surface area contributed by atoms with Gasteiger partial charge in [0.1, 0.15) is 6.61 Å². The van der Waals surface area contributed by atoms with Gasteiger partial charge in [-0.1, -0.05) is 19.1 Å². The van der Waals surface area contributed by atoms with Crippen molar-refractivity contribution in [2.45, 2.75) is 30.9 Å². The Kier molecular flexibility index (Phi) is 6.13. The summed E-state index contributed by atoms with van der Waals surface area (Å²) in [6.07, 6.45) is 6.22. The Hall–Kier alpha value is -2.68. The van der Waals surface area contributed by atoms with Crippen molar-refractivity contribution in [3.05, 3.63) is 42.2 Å². The quantitative estimate of drug-likeness (QED) is 0.646. The first-order valence-corrected chi connectivity index (χ1v) is 11.0. The zero-order valence-electron chi connectivity index (χ0n) is 16.0. The Labute approximate surface area is 165 Å². The van der Waals surface area contributed by atoms with Gasteiger partial charge < -0.3 is 14.5 Å². The third-order valence-corrected chi connectivity index (χ3v) is 5.92. The molecule has 0 saturated carbocycles. The fourth-order valence-corrected chi connectivity index (χ4v) is 3.73. The number of piperazine rings is 1. The van der Waals surface area contributed by atoms with E-state index in [0.717, 1.165) is 18.4 Å². The van der Waals surface area contributed by atoms with Gasteiger partial charge in [0, 0.05) is 31.9 Å². The number of carbonyl (C=O) groups is 1. The highest BCUT2D eigenvalue weighted by molar-refractivity contribution is 7.90. The minimum absolute atomic E-state index is 0.167. The van der Waals surface area contributed by atoms with E-state index in [1.54, 1.807) is 36.7 Å². The average Bonchev–Trinajstić information content (AvgIpc) is 2.71. The van der Waals surface area contributed by atoms with Crippen molar-refractivity contribution in [3.63, 3.8) is 0 Å². The highest BCUT2D eigenvalue weighted by Gasteiger charge is 2.25. The molecule has 2 aromatic rings. The van der Waals surface area contributed by atoms with Crippen LogP contribution in [-0.2, 0) is 21.2 Å². The second-order valence-corrected chi connectivity index (χ2v) is 8.79. The molecule has 0 unspecified atom stereocenters. The minimum Gasteiger partial charge on any atom is -0.486 e. The lowest BCUT2D eigenvalue weighted by Gasteiger charge is -2.39. The van der Waals surface area contributed by atoms with Crippen LogP contribution < -0.4 is 9.64 Å². The number of hydrogen-bond donors (Lipinski definition) is 0. The Morgan fingerprint density at radius 2 is 1.86 bits per heavy atom. The number of sulfone groups is 1. The van der Waals surface area contributed by atoms with Crippen molar-refractivity contribution >= 4 is 22.2 Å². The smallest absolute Gasteiger partial charge is 0.225 e. The first kappa shape index (κ1) is 20.1. The van der Waals surface area contributed by atoms with Crippen LogP contribution in [0.5, 0.6) is 5.75 Å². The normalized spacial score (nSPS) is 17.4. The van der Waals surface area contributed by atoms with Crippen LogP contribution in [0.1, 0.15) is 18.9 Å². The van der Waals surface area contributed by atoms with Crippen molar-refractivity contribution in [2.24, 2.45) is 0 Å². The molecule has 3 rings (SSSR count). The van der Waals surface area contributed by atoms with Gasteiger partial charge in [-0.15, -0.1) is 0 Å². The summed E-state index contributed by atoms with van der Waals surface area (Å²) >= 11 is 0. The number of rotatable bonds is 7. The molecular weight excluding hydrogens is 380 g/mol. The van der Waals surface area contributed by atoms with Gasteiger partial charge in [-0.05, 0) is 24.1 Å². The molecule has 150 valence electrons. The minimum atomic E-state index is -3.20. The van der Waals surface area contributed by atoms with E-state index < -0.39 is 9.84 Å². The third-order valence-electron chi connectivity index (χ3n) is 4.79. The van der Waals surface area contributed by atoms with E-state index in [2.05, 4.69) is 21.8 Å². The number of benzene rings is 1. The lowest BCUT2D eigenvalue weighted by atomic mass is 10.1. The maximum Gasteiger partial charge on any atom is 0.225 e. The zero-order chi connectivity index (χ0) is 20.1. The summed E-state index contributed by atoms with van der Waals surface area (Å²) in [6, 6.07) is 6.75.